The summed E-state index contributed by atoms with van der Waals surface area (Å²) in [7, 11) is 0. The number of carbonyl (C=O) groups excluding carboxylic acids is 2. The first-order chi connectivity index (χ1) is 9.81. The molecule has 21 heavy (non-hydrogen) atoms. The van der Waals surface area contributed by atoms with Crippen LogP contribution in [-0.4, -0.2) is 47.5 Å². The van der Waals surface area contributed by atoms with Crippen molar-refractivity contribution in [1.29, 1.82) is 0 Å². The van der Waals surface area contributed by atoms with Gasteiger partial charge in [-0.1, -0.05) is 0 Å². The fourth-order valence-corrected chi connectivity index (χ4v) is 1.54. The standard InChI is InChI=1S/C10H16Cl4N2O5/c1-3-19-9(17)15-7(5(11)12)21-8(6(13)14)16-10(18)20-4-2/h5-8H,3-4H2,1-2H3,(H,15,17)(H,16,18)/t7-,8-/m1/s1. The van der Waals surface area contributed by atoms with Crippen LogP contribution in [0.1, 0.15) is 13.8 Å². The third-order valence-electron chi connectivity index (χ3n) is 1.82. The van der Waals surface area contributed by atoms with E-state index in [4.69, 9.17) is 51.1 Å². The highest BCUT2D eigenvalue weighted by atomic mass is 35.5. The van der Waals surface area contributed by atoms with Gasteiger partial charge in [-0.2, -0.15) is 0 Å². The van der Waals surface area contributed by atoms with Gasteiger partial charge in [0.25, 0.3) is 0 Å². The van der Waals surface area contributed by atoms with Crippen molar-refractivity contribution in [3.63, 3.8) is 0 Å². The number of ether oxygens (including phenoxy) is 3. The summed E-state index contributed by atoms with van der Waals surface area (Å²) < 4.78 is 14.6. The number of amides is 2. The van der Waals surface area contributed by atoms with Gasteiger partial charge in [-0.05, 0) is 13.8 Å². The van der Waals surface area contributed by atoms with Gasteiger partial charge in [-0.15, -0.1) is 46.4 Å². The predicted octanol–water partition coefficient (Wildman–Crippen LogP) is 2.75. The second kappa shape index (κ2) is 11.3. The van der Waals surface area contributed by atoms with Gasteiger partial charge in [0.2, 0.25) is 0 Å². The lowest BCUT2D eigenvalue weighted by atomic mass is 10.5. The minimum absolute atomic E-state index is 0.145. The van der Waals surface area contributed by atoms with Gasteiger partial charge in [-0.3, -0.25) is 10.6 Å². The van der Waals surface area contributed by atoms with Crippen LogP contribution in [0, 0.1) is 0 Å². The molecule has 0 saturated heterocycles. The quantitative estimate of drug-likeness (QED) is 0.495. The Labute approximate surface area is 142 Å². The summed E-state index contributed by atoms with van der Waals surface area (Å²) in [4.78, 5) is 20.3. The molecule has 0 aliphatic heterocycles. The first kappa shape index (κ1) is 20.7. The largest absolute Gasteiger partial charge is 0.450 e. The number of hydrogen-bond acceptors (Lipinski definition) is 5. The highest BCUT2D eigenvalue weighted by molar-refractivity contribution is 6.45. The van der Waals surface area contributed by atoms with Gasteiger partial charge >= 0.3 is 12.2 Å². The molecule has 2 amide bonds. The molecule has 124 valence electrons. The first-order valence-corrected chi connectivity index (χ1v) is 7.64. The van der Waals surface area contributed by atoms with Crippen molar-refractivity contribution >= 4 is 58.6 Å². The molecule has 7 nitrogen and oxygen atoms in total. The molecule has 0 aliphatic rings. The summed E-state index contributed by atoms with van der Waals surface area (Å²) in [5.74, 6) is 0. The van der Waals surface area contributed by atoms with Crippen LogP contribution in [0.4, 0.5) is 9.59 Å². The highest BCUT2D eigenvalue weighted by Crippen LogP contribution is 2.16. The fraction of sp³-hybridized carbons (Fsp3) is 0.800. The maximum atomic E-state index is 11.3. The summed E-state index contributed by atoms with van der Waals surface area (Å²) in [6.45, 7) is 3.53. The van der Waals surface area contributed by atoms with Crippen LogP contribution in [0.5, 0.6) is 0 Å². The average molecular weight is 386 g/mol. The minimum Gasteiger partial charge on any atom is -0.450 e. The van der Waals surface area contributed by atoms with Crippen LogP contribution in [-0.2, 0) is 14.2 Å². The molecular formula is C10H16Cl4N2O5. The number of alkyl carbamates (subject to hydrolysis) is 2. The van der Waals surface area contributed by atoms with E-state index in [1.54, 1.807) is 13.8 Å². The molecule has 0 spiro atoms. The maximum absolute atomic E-state index is 11.3. The van der Waals surface area contributed by atoms with E-state index in [9.17, 15) is 9.59 Å². The second-order valence-corrected chi connectivity index (χ2v) is 5.70. The number of alkyl halides is 4. The van der Waals surface area contributed by atoms with Crippen LogP contribution < -0.4 is 10.6 Å². The first-order valence-electron chi connectivity index (χ1n) is 5.90. The zero-order valence-corrected chi connectivity index (χ0v) is 14.3. The number of carbonyl (C=O) groups is 2. The van der Waals surface area contributed by atoms with E-state index in [1.807, 2.05) is 0 Å². The van der Waals surface area contributed by atoms with Crippen molar-refractivity contribution in [2.24, 2.45) is 0 Å². The summed E-state index contributed by atoms with van der Waals surface area (Å²) in [6, 6.07) is 0. The van der Waals surface area contributed by atoms with Crippen molar-refractivity contribution in [3.8, 4) is 0 Å². The molecular weight excluding hydrogens is 370 g/mol. The third kappa shape index (κ3) is 9.31. The van der Waals surface area contributed by atoms with Crippen molar-refractivity contribution < 1.29 is 23.8 Å². The van der Waals surface area contributed by atoms with Crippen LogP contribution in [0.15, 0.2) is 0 Å². The van der Waals surface area contributed by atoms with Gasteiger partial charge in [0.05, 0.1) is 13.2 Å². The van der Waals surface area contributed by atoms with Crippen LogP contribution >= 0.6 is 46.4 Å². The zero-order valence-electron chi connectivity index (χ0n) is 11.3. The molecule has 0 saturated carbocycles. The van der Waals surface area contributed by atoms with Gasteiger partial charge in [0, 0.05) is 0 Å². The summed E-state index contributed by atoms with van der Waals surface area (Å²) in [5.41, 5.74) is 0. The number of nitrogens with one attached hydrogen (secondary N) is 2. The SMILES string of the molecule is CCOC(=O)N[C@H](O[C@@H](NC(=O)OCC)C(Cl)Cl)C(Cl)Cl. The normalized spacial score (nSPS) is 13.7. The lowest BCUT2D eigenvalue weighted by Gasteiger charge is -2.27. The van der Waals surface area contributed by atoms with Crippen LogP contribution in [0.25, 0.3) is 0 Å². The van der Waals surface area contributed by atoms with E-state index in [0.29, 0.717) is 0 Å². The van der Waals surface area contributed by atoms with Crippen LogP contribution in [0.2, 0.25) is 0 Å². The lowest BCUT2D eigenvalue weighted by molar-refractivity contribution is -0.0299. The maximum Gasteiger partial charge on any atom is 0.409 e. The molecule has 0 aromatic rings. The third-order valence-corrected chi connectivity index (χ3v) is 2.74. The van der Waals surface area contributed by atoms with E-state index in [0.717, 1.165) is 0 Å². The van der Waals surface area contributed by atoms with Crippen molar-refractivity contribution in [2.75, 3.05) is 13.2 Å². The summed E-state index contributed by atoms with van der Waals surface area (Å²) >= 11 is 22.7. The molecule has 0 rings (SSSR count). The molecule has 11 heteroatoms. The minimum atomic E-state index is -1.21. The number of hydrogen-bond donors (Lipinski definition) is 2. The molecule has 0 aromatic heterocycles. The second-order valence-electron chi connectivity index (χ2n) is 3.38. The smallest absolute Gasteiger partial charge is 0.409 e. The average Bonchev–Trinajstić information content (AvgIpc) is 2.37. The Kier molecular flexibility index (Phi) is 11.1. The molecule has 0 aromatic carbocycles. The Morgan fingerprint density at radius 1 is 0.857 bits per heavy atom. The molecule has 2 atom stereocenters. The van der Waals surface area contributed by atoms with E-state index >= 15 is 0 Å². The van der Waals surface area contributed by atoms with Crippen LogP contribution in [0.3, 0.4) is 0 Å². The monoisotopic (exact) mass is 384 g/mol. The molecule has 0 heterocycles. The highest BCUT2D eigenvalue weighted by Gasteiger charge is 2.29. The van der Waals surface area contributed by atoms with Gasteiger partial charge < -0.3 is 14.2 Å². The fourth-order valence-electron chi connectivity index (χ4n) is 1.05. The molecule has 2 N–H and O–H groups in total. The Balaban J connectivity index is 4.66. The van der Waals surface area contributed by atoms with E-state index in [1.165, 1.54) is 0 Å². The molecule has 0 fully saturated rings. The topological polar surface area (TPSA) is 85.9 Å². The molecule has 0 aliphatic carbocycles. The zero-order chi connectivity index (χ0) is 16.4. The number of halogens is 4. The van der Waals surface area contributed by atoms with Gasteiger partial charge in [-0.25, -0.2) is 9.59 Å². The Morgan fingerprint density at radius 3 is 1.43 bits per heavy atom. The Bertz CT molecular complexity index is 303. The van der Waals surface area contributed by atoms with E-state index in [-0.39, 0.29) is 13.2 Å². The lowest BCUT2D eigenvalue weighted by Crippen LogP contribution is -2.50. The van der Waals surface area contributed by atoms with Gasteiger partial charge in [0.15, 0.2) is 22.1 Å². The molecule has 0 unspecified atom stereocenters. The molecule has 0 bridgehead atoms. The van der Waals surface area contributed by atoms with Gasteiger partial charge in [0.1, 0.15) is 0 Å². The predicted molar refractivity (Wildman–Crippen MR) is 80.0 cm³/mol. The van der Waals surface area contributed by atoms with Crippen molar-refractivity contribution in [3.05, 3.63) is 0 Å². The Morgan fingerprint density at radius 2 is 1.19 bits per heavy atom. The molecule has 0 radical (unpaired) electrons. The van der Waals surface area contributed by atoms with E-state index < -0.39 is 34.3 Å². The van der Waals surface area contributed by atoms with E-state index in [2.05, 4.69) is 20.1 Å². The number of rotatable bonds is 8. The van der Waals surface area contributed by atoms with Crippen molar-refractivity contribution in [1.82, 2.24) is 10.6 Å². The van der Waals surface area contributed by atoms with Crippen molar-refractivity contribution in [2.45, 2.75) is 36.0 Å². The summed E-state index contributed by atoms with van der Waals surface area (Å²) in [5, 5.41) is 4.50. The summed E-state index contributed by atoms with van der Waals surface area (Å²) in [6.07, 6.45) is -4.02. The Hall–Kier alpha value is -0.340.